The predicted molar refractivity (Wildman–Crippen MR) is 71.9 cm³/mol. The van der Waals surface area contributed by atoms with Crippen molar-refractivity contribution >= 4 is 27.3 Å². The lowest BCUT2D eigenvalue weighted by molar-refractivity contribution is 0.597. The van der Waals surface area contributed by atoms with Crippen LogP contribution in [0.15, 0.2) is 18.2 Å². The number of rotatable bonds is 6. The van der Waals surface area contributed by atoms with Crippen molar-refractivity contribution in [1.29, 1.82) is 0 Å². The molecule has 0 saturated carbocycles. The average molecular weight is 277 g/mol. The zero-order chi connectivity index (χ0) is 12.9. The molecular weight excluding hydrogens is 260 g/mol. The molecule has 4 nitrogen and oxygen atoms in total. The van der Waals surface area contributed by atoms with Gasteiger partial charge >= 0.3 is 0 Å². The van der Waals surface area contributed by atoms with Crippen LogP contribution in [-0.2, 0) is 10.0 Å². The Bertz CT molecular complexity index is 474. The number of benzene rings is 1. The normalized spacial score (nSPS) is 11.5. The fraction of sp³-hybridized carbons (Fsp3) is 0.455. The molecular formula is C11H17ClN2O2S. The van der Waals surface area contributed by atoms with Crippen LogP contribution >= 0.6 is 11.6 Å². The number of nitrogens with one attached hydrogen (secondary N) is 1. The van der Waals surface area contributed by atoms with Gasteiger partial charge in [0, 0.05) is 5.02 Å². The molecule has 0 heterocycles. The monoisotopic (exact) mass is 276 g/mol. The molecule has 0 fully saturated rings. The minimum atomic E-state index is -3.31. The van der Waals surface area contributed by atoms with Gasteiger partial charge in [-0.25, -0.2) is 8.42 Å². The number of unbranched alkanes of at least 4 members (excludes halogenated alkanes) is 1. The first-order valence-electron chi connectivity index (χ1n) is 5.41. The number of sulfonamides is 1. The van der Waals surface area contributed by atoms with Crippen LogP contribution in [0.3, 0.4) is 0 Å². The van der Waals surface area contributed by atoms with Gasteiger partial charge in [-0.3, -0.25) is 4.72 Å². The van der Waals surface area contributed by atoms with Crippen molar-refractivity contribution < 1.29 is 8.42 Å². The van der Waals surface area contributed by atoms with Gasteiger partial charge in [0.25, 0.3) is 0 Å². The fourth-order valence-corrected chi connectivity index (χ4v) is 2.77. The van der Waals surface area contributed by atoms with Crippen molar-refractivity contribution in [2.75, 3.05) is 17.0 Å². The summed E-state index contributed by atoms with van der Waals surface area (Å²) in [4.78, 5) is 0. The van der Waals surface area contributed by atoms with E-state index in [1.807, 2.05) is 6.92 Å². The number of aryl methyl sites for hydroxylation is 1. The van der Waals surface area contributed by atoms with Crippen molar-refractivity contribution in [2.24, 2.45) is 5.73 Å². The van der Waals surface area contributed by atoms with Gasteiger partial charge in [-0.05, 0) is 44.0 Å². The van der Waals surface area contributed by atoms with E-state index in [1.54, 1.807) is 18.2 Å². The molecule has 0 saturated heterocycles. The number of hydrogen-bond donors (Lipinski definition) is 2. The second-order valence-corrected chi connectivity index (χ2v) is 6.15. The standard InChI is InChI=1S/C11H17ClN2O2S/c1-9-4-5-10(12)8-11(9)14-17(15,16)7-3-2-6-13/h4-5,8,14H,2-3,6-7,13H2,1H3. The van der Waals surface area contributed by atoms with Crippen molar-refractivity contribution in [3.8, 4) is 0 Å². The zero-order valence-electron chi connectivity index (χ0n) is 9.74. The summed E-state index contributed by atoms with van der Waals surface area (Å²) in [6.07, 6.45) is 1.26. The van der Waals surface area contributed by atoms with E-state index >= 15 is 0 Å². The highest BCUT2D eigenvalue weighted by atomic mass is 35.5. The van der Waals surface area contributed by atoms with Gasteiger partial charge in [0.2, 0.25) is 10.0 Å². The summed E-state index contributed by atoms with van der Waals surface area (Å²) < 4.78 is 26.0. The Hall–Kier alpha value is -0.780. The third kappa shape index (κ3) is 4.93. The molecule has 0 aromatic heterocycles. The summed E-state index contributed by atoms with van der Waals surface area (Å²) in [7, 11) is -3.31. The van der Waals surface area contributed by atoms with Gasteiger partial charge < -0.3 is 5.73 Å². The second kappa shape index (κ2) is 6.23. The summed E-state index contributed by atoms with van der Waals surface area (Å²) in [6, 6.07) is 5.11. The largest absolute Gasteiger partial charge is 0.330 e. The summed E-state index contributed by atoms with van der Waals surface area (Å²) >= 11 is 5.82. The predicted octanol–water partition coefficient (Wildman–Crippen LogP) is 2.13. The van der Waals surface area contributed by atoms with Crippen LogP contribution < -0.4 is 10.5 Å². The molecule has 1 rings (SSSR count). The van der Waals surface area contributed by atoms with Crippen molar-refractivity contribution in [1.82, 2.24) is 0 Å². The summed E-state index contributed by atoms with van der Waals surface area (Å²) in [5.41, 5.74) is 6.70. The van der Waals surface area contributed by atoms with Gasteiger partial charge in [0.1, 0.15) is 0 Å². The third-order valence-corrected chi connectivity index (χ3v) is 3.92. The maximum absolute atomic E-state index is 11.7. The van der Waals surface area contributed by atoms with Crippen molar-refractivity contribution in [2.45, 2.75) is 19.8 Å². The molecule has 0 radical (unpaired) electrons. The highest BCUT2D eigenvalue weighted by molar-refractivity contribution is 7.92. The van der Waals surface area contributed by atoms with E-state index in [1.165, 1.54) is 0 Å². The first-order valence-corrected chi connectivity index (χ1v) is 7.44. The van der Waals surface area contributed by atoms with E-state index in [0.717, 1.165) is 5.56 Å². The molecule has 0 bridgehead atoms. The molecule has 0 unspecified atom stereocenters. The third-order valence-electron chi connectivity index (χ3n) is 2.33. The molecule has 1 aromatic carbocycles. The Kier molecular flexibility index (Phi) is 5.24. The maximum atomic E-state index is 11.7. The topological polar surface area (TPSA) is 72.2 Å². The average Bonchev–Trinajstić information content (AvgIpc) is 2.23. The molecule has 0 atom stereocenters. The maximum Gasteiger partial charge on any atom is 0.232 e. The lowest BCUT2D eigenvalue weighted by atomic mass is 10.2. The highest BCUT2D eigenvalue weighted by Crippen LogP contribution is 2.21. The number of anilines is 1. The molecule has 0 aliphatic carbocycles. The molecule has 0 aliphatic heterocycles. The van der Waals surface area contributed by atoms with Crippen molar-refractivity contribution in [3.63, 3.8) is 0 Å². The van der Waals surface area contributed by atoms with Crippen LogP contribution in [0.2, 0.25) is 5.02 Å². The Labute approximate surface area is 107 Å². The van der Waals surface area contributed by atoms with E-state index in [2.05, 4.69) is 4.72 Å². The Morgan fingerprint density at radius 1 is 1.35 bits per heavy atom. The fourth-order valence-electron chi connectivity index (χ4n) is 1.36. The summed E-state index contributed by atoms with van der Waals surface area (Å²) in [5, 5.41) is 0.509. The van der Waals surface area contributed by atoms with Crippen LogP contribution in [0, 0.1) is 6.92 Å². The first kappa shape index (κ1) is 14.3. The minimum Gasteiger partial charge on any atom is -0.330 e. The van der Waals surface area contributed by atoms with Gasteiger partial charge in [0.05, 0.1) is 11.4 Å². The van der Waals surface area contributed by atoms with E-state index < -0.39 is 10.0 Å². The van der Waals surface area contributed by atoms with Gasteiger partial charge in [-0.15, -0.1) is 0 Å². The smallest absolute Gasteiger partial charge is 0.232 e. The van der Waals surface area contributed by atoms with E-state index in [0.29, 0.717) is 30.1 Å². The van der Waals surface area contributed by atoms with Gasteiger partial charge in [-0.2, -0.15) is 0 Å². The van der Waals surface area contributed by atoms with E-state index in [9.17, 15) is 8.42 Å². The zero-order valence-corrected chi connectivity index (χ0v) is 11.3. The molecule has 0 amide bonds. The minimum absolute atomic E-state index is 0.0795. The van der Waals surface area contributed by atoms with Crippen molar-refractivity contribution in [3.05, 3.63) is 28.8 Å². The van der Waals surface area contributed by atoms with Crippen LogP contribution in [0.4, 0.5) is 5.69 Å². The van der Waals surface area contributed by atoms with Crippen LogP contribution in [0.5, 0.6) is 0 Å². The number of hydrogen-bond acceptors (Lipinski definition) is 3. The van der Waals surface area contributed by atoms with E-state index in [-0.39, 0.29) is 5.75 Å². The Balaban J connectivity index is 2.72. The molecule has 3 N–H and O–H groups in total. The molecule has 0 aliphatic rings. The second-order valence-electron chi connectivity index (χ2n) is 3.88. The first-order chi connectivity index (χ1) is 7.94. The molecule has 17 heavy (non-hydrogen) atoms. The number of halogens is 1. The molecule has 6 heteroatoms. The quantitative estimate of drug-likeness (QED) is 0.782. The lowest BCUT2D eigenvalue weighted by Crippen LogP contribution is -2.18. The van der Waals surface area contributed by atoms with Gasteiger partial charge in [0.15, 0.2) is 0 Å². The summed E-state index contributed by atoms with van der Waals surface area (Å²) in [6.45, 7) is 2.33. The van der Waals surface area contributed by atoms with Crippen LogP contribution in [0.1, 0.15) is 18.4 Å². The SMILES string of the molecule is Cc1ccc(Cl)cc1NS(=O)(=O)CCCCN. The summed E-state index contributed by atoms with van der Waals surface area (Å²) in [5.74, 6) is 0.0795. The molecule has 96 valence electrons. The molecule has 1 aromatic rings. The Morgan fingerprint density at radius 3 is 2.71 bits per heavy atom. The van der Waals surface area contributed by atoms with E-state index in [4.69, 9.17) is 17.3 Å². The molecule has 0 spiro atoms. The highest BCUT2D eigenvalue weighted by Gasteiger charge is 2.11. The lowest BCUT2D eigenvalue weighted by Gasteiger charge is -2.10. The van der Waals surface area contributed by atoms with Crippen LogP contribution in [0.25, 0.3) is 0 Å². The Morgan fingerprint density at radius 2 is 2.06 bits per heavy atom. The van der Waals surface area contributed by atoms with Crippen LogP contribution in [-0.4, -0.2) is 20.7 Å². The van der Waals surface area contributed by atoms with Gasteiger partial charge in [-0.1, -0.05) is 17.7 Å². The number of nitrogens with two attached hydrogens (primary N) is 1.